The van der Waals surface area contributed by atoms with E-state index in [0.717, 1.165) is 11.1 Å². The molecule has 0 bridgehead atoms. The smallest absolute Gasteiger partial charge is 0.125 e. The first-order chi connectivity index (χ1) is 13.1. The highest BCUT2D eigenvalue weighted by Gasteiger charge is 2.33. The molecule has 0 aliphatic heterocycles. The van der Waals surface area contributed by atoms with Crippen molar-refractivity contribution in [2.24, 2.45) is 0 Å². The van der Waals surface area contributed by atoms with Crippen molar-refractivity contribution in [2.75, 3.05) is 0 Å². The van der Waals surface area contributed by atoms with Crippen LogP contribution in [0.25, 0.3) is 0 Å². The molecule has 2 rings (SSSR count). The molecular weight excluding hydrogens is 364 g/mol. The number of aromatic hydroxyl groups is 2. The summed E-state index contributed by atoms with van der Waals surface area (Å²) in [6.45, 7) is 15.8. The van der Waals surface area contributed by atoms with Gasteiger partial charge >= 0.3 is 0 Å². The Balaban J connectivity index is 2.86. The lowest BCUT2D eigenvalue weighted by atomic mass is 9.72. The van der Waals surface area contributed by atoms with Crippen LogP contribution in [0.2, 0.25) is 0 Å². The molecule has 0 amide bonds. The molecule has 4 heteroatoms. The highest BCUT2D eigenvalue weighted by Crippen LogP contribution is 2.46. The van der Waals surface area contributed by atoms with E-state index in [2.05, 4.69) is 41.5 Å². The number of benzene rings is 2. The summed E-state index contributed by atoms with van der Waals surface area (Å²) < 4.78 is 0. The third-order valence-electron chi connectivity index (χ3n) is 5.80. The second kappa shape index (κ2) is 7.66. The molecule has 4 nitrogen and oxygen atoms in total. The van der Waals surface area contributed by atoms with E-state index in [-0.39, 0.29) is 35.5 Å². The van der Waals surface area contributed by atoms with Crippen molar-refractivity contribution in [3.63, 3.8) is 0 Å². The zero-order chi connectivity index (χ0) is 22.4. The van der Waals surface area contributed by atoms with E-state index in [1.807, 2.05) is 38.1 Å². The minimum atomic E-state index is -0.759. The average Bonchev–Trinajstić information content (AvgIpc) is 2.59. The number of aliphatic hydroxyl groups excluding tert-OH is 2. The topological polar surface area (TPSA) is 80.9 Å². The van der Waals surface area contributed by atoms with E-state index in [1.54, 1.807) is 0 Å². The molecule has 0 aliphatic rings. The van der Waals surface area contributed by atoms with Crippen molar-refractivity contribution in [1.29, 1.82) is 0 Å². The van der Waals surface area contributed by atoms with E-state index >= 15 is 0 Å². The molecule has 0 saturated heterocycles. The van der Waals surface area contributed by atoms with E-state index in [4.69, 9.17) is 0 Å². The van der Waals surface area contributed by atoms with Crippen molar-refractivity contribution < 1.29 is 20.4 Å². The molecule has 0 fully saturated rings. The van der Waals surface area contributed by atoms with Crippen molar-refractivity contribution in [3.8, 4) is 11.5 Å². The first kappa shape index (κ1) is 23.2. The van der Waals surface area contributed by atoms with Crippen LogP contribution < -0.4 is 0 Å². The van der Waals surface area contributed by atoms with Crippen LogP contribution in [0.1, 0.15) is 88.8 Å². The molecule has 29 heavy (non-hydrogen) atoms. The average molecular weight is 401 g/mol. The molecule has 0 spiro atoms. The molecule has 0 unspecified atom stereocenters. The molecule has 2 aromatic carbocycles. The number of phenols is 2. The van der Waals surface area contributed by atoms with Gasteiger partial charge in [0.1, 0.15) is 11.5 Å². The van der Waals surface area contributed by atoms with Gasteiger partial charge in [0.25, 0.3) is 0 Å². The van der Waals surface area contributed by atoms with Gasteiger partial charge in [-0.2, -0.15) is 0 Å². The molecule has 4 N–H and O–H groups in total. The quantitative estimate of drug-likeness (QED) is 0.582. The van der Waals surface area contributed by atoms with Crippen molar-refractivity contribution in [1.82, 2.24) is 0 Å². The largest absolute Gasteiger partial charge is 0.507 e. The molecular formula is C25H36O4. The normalized spacial score (nSPS) is 13.0. The van der Waals surface area contributed by atoms with E-state index in [1.165, 1.54) is 0 Å². The van der Waals surface area contributed by atoms with Gasteiger partial charge in [0.15, 0.2) is 0 Å². The van der Waals surface area contributed by atoms with Crippen molar-refractivity contribution in [3.05, 3.63) is 57.6 Å². The van der Waals surface area contributed by atoms with E-state index in [0.29, 0.717) is 22.3 Å². The van der Waals surface area contributed by atoms with Crippen molar-refractivity contribution >= 4 is 0 Å². The third kappa shape index (κ3) is 4.44. The molecule has 0 saturated carbocycles. The molecule has 0 heterocycles. The summed E-state index contributed by atoms with van der Waals surface area (Å²) in [4.78, 5) is 0. The Bertz CT molecular complexity index is 823. The van der Waals surface area contributed by atoms with Crippen LogP contribution >= 0.6 is 0 Å². The lowest BCUT2D eigenvalue weighted by molar-refractivity contribution is 0.273. The molecule has 0 aromatic heterocycles. The van der Waals surface area contributed by atoms with Crippen molar-refractivity contribution in [2.45, 2.75) is 84.8 Å². The van der Waals surface area contributed by atoms with Gasteiger partial charge in [-0.05, 0) is 34.1 Å². The van der Waals surface area contributed by atoms with Gasteiger partial charge in [-0.1, -0.05) is 67.5 Å². The van der Waals surface area contributed by atoms with Crippen LogP contribution in [-0.2, 0) is 29.5 Å². The van der Waals surface area contributed by atoms with Crippen LogP contribution in [0.3, 0.4) is 0 Å². The minimum absolute atomic E-state index is 0.0385. The lowest BCUT2D eigenvalue weighted by Crippen LogP contribution is -2.24. The van der Waals surface area contributed by atoms with Gasteiger partial charge in [-0.25, -0.2) is 0 Å². The summed E-state index contributed by atoms with van der Waals surface area (Å²) in [5, 5.41) is 41.5. The number of rotatable bonds is 4. The summed E-state index contributed by atoms with van der Waals surface area (Å²) >= 11 is 0. The Morgan fingerprint density at radius 1 is 0.586 bits per heavy atom. The Morgan fingerprint density at radius 3 is 1.14 bits per heavy atom. The van der Waals surface area contributed by atoms with Gasteiger partial charge in [-0.3, -0.25) is 0 Å². The second-order valence-corrected chi connectivity index (χ2v) is 10.5. The summed E-state index contributed by atoms with van der Waals surface area (Å²) in [6.07, 6.45) is 0. The fraction of sp³-hybridized carbons (Fsp3) is 0.520. The molecule has 160 valence electrons. The predicted molar refractivity (Wildman–Crippen MR) is 118 cm³/mol. The van der Waals surface area contributed by atoms with Crippen LogP contribution in [-0.4, -0.2) is 20.4 Å². The predicted octanol–water partition coefficient (Wildman–Crippen LogP) is 5.00. The standard InChI is InChI=1S/C25H36O4/c1-23(2,3)17-9-15(13-26)21(28)19(11-17)25(7,8)20-12-18(24(4,5)6)10-16(14-27)22(20)29/h9-12,26-29H,13-14H2,1-8H3. The minimum Gasteiger partial charge on any atom is -0.507 e. The van der Waals surface area contributed by atoms with Gasteiger partial charge in [0.2, 0.25) is 0 Å². The van der Waals surface area contributed by atoms with Gasteiger partial charge in [-0.15, -0.1) is 0 Å². The number of hydrogen-bond donors (Lipinski definition) is 4. The number of aliphatic hydroxyl groups is 2. The zero-order valence-electron chi connectivity index (χ0n) is 19.0. The molecule has 0 aliphatic carbocycles. The highest BCUT2D eigenvalue weighted by molar-refractivity contribution is 5.57. The maximum Gasteiger partial charge on any atom is 0.125 e. The van der Waals surface area contributed by atoms with E-state index < -0.39 is 5.41 Å². The Morgan fingerprint density at radius 2 is 0.897 bits per heavy atom. The monoisotopic (exact) mass is 400 g/mol. The third-order valence-corrected chi connectivity index (χ3v) is 5.80. The van der Waals surface area contributed by atoms with Crippen LogP contribution in [0, 0.1) is 0 Å². The van der Waals surface area contributed by atoms with Crippen LogP contribution in [0.5, 0.6) is 11.5 Å². The SMILES string of the molecule is CC(C)(C)c1cc(CO)c(O)c(C(C)(C)c2cc(C(C)(C)C)cc(CO)c2O)c1. The zero-order valence-corrected chi connectivity index (χ0v) is 19.0. The van der Waals surface area contributed by atoms with Gasteiger partial charge in [0, 0.05) is 27.7 Å². The van der Waals surface area contributed by atoms with Crippen LogP contribution in [0.15, 0.2) is 24.3 Å². The Labute approximate surface area is 174 Å². The molecule has 0 atom stereocenters. The first-order valence-corrected chi connectivity index (χ1v) is 10.1. The Kier molecular flexibility index (Phi) is 6.14. The van der Waals surface area contributed by atoms with E-state index in [9.17, 15) is 20.4 Å². The molecule has 0 radical (unpaired) electrons. The Hall–Kier alpha value is -2.04. The number of hydrogen-bond acceptors (Lipinski definition) is 4. The fourth-order valence-corrected chi connectivity index (χ4v) is 3.59. The fourth-order valence-electron chi connectivity index (χ4n) is 3.59. The summed E-state index contributed by atoms with van der Waals surface area (Å²) in [5.41, 5.74) is 3.10. The first-order valence-electron chi connectivity index (χ1n) is 10.1. The van der Waals surface area contributed by atoms with Gasteiger partial charge in [0.05, 0.1) is 13.2 Å². The summed E-state index contributed by atoms with van der Waals surface area (Å²) in [7, 11) is 0. The second-order valence-electron chi connectivity index (χ2n) is 10.5. The maximum absolute atomic E-state index is 10.9. The van der Waals surface area contributed by atoms with Gasteiger partial charge < -0.3 is 20.4 Å². The summed E-state index contributed by atoms with van der Waals surface area (Å²) in [5.74, 6) is 0.0771. The molecule has 2 aromatic rings. The van der Waals surface area contributed by atoms with Crippen LogP contribution in [0.4, 0.5) is 0 Å². The maximum atomic E-state index is 10.9. The summed E-state index contributed by atoms with van der Waals surface area (Å²) in [6, 6.07) is 7.58. The highest BCUT2D eigenvalue weighted by atomic mass is 16.3. The lowest BCUT2D eigenvalue weighted by Gasteiger charge is -2.33.